The van der Waals surface area contributed by atoms with Gasteiger partial charge in [0.15, 0.2) is 0 Å². The van der Waals surface area contributed by atoms with Crippen LogP contribution >= 0.6 is 11.6 Å². The predicted octanol–water partition coefficient (Wildman–Crippen LogP) is 1.17. The van der Waals surface area contributed by atoms with Crippen molar-refractivity contribution in [3.8, 4) is 0 Å². The number of hydrogen-bond acceptors (Lipinski definition) is 5. The first-order chi connectivity index (χ1) is 7.75. The number of nitrogens with one attached hydrogen (secondary N) is 1. The van der Waals surface area contributed by atoms with Gasteiger partial charge < -0.3 is 5.32 Å². The first-order valence-electron chi connectivity index (χ1n) is 4.31. The van der Waals surface area contributed by atoms with Gasteiger partial charge in [-0.05, 0) is 6.07 Å². The minimum absolute atomic E-state index is 0.262. The summed E-state index contributed by atoms with van der Waals surface area (Å²) in [5.74, 6) is 0.00600. The van der Waals surface area contributed by atoms with Crippen molar-refractivity contribution in [1.82, 2.24) is 20.2 Å². The maximum absolute atomic E-state index is 11.6. The van der Waals surface area contributed by atoms with Crippen LogP contribution in [0.3, 0.4) is 0 Å². The molecule has 0 aromatic carbocycles. The van der Waals surface area contributed by atoms with Crippen LogP contribution in [0.2, 0.25) is 5.15 Å². The van der Waals surface area contributed by atoms with Crippen molar-refractivity contribution in [2.24, 2.45) is 0 Å². The summed E-state index contributed by atoms with van der Waals surface area (Å²) in [6.45, 7) is 0. The molecule has 2 rings (SSSR count). The molecule has 0 aliphatic rings. The van der Waals surface area contributed by atoms with E-state index >= 15 is 0 Å². The summed E-state index contributed by atoms with van der Waals surface area (Å²) in [6, 6.07) is 3.00. The number of carbonyl (C=O) groups excluding carboxylic acids is 1. The van der Waals surface area contributed by atoms with Gasteiger partial charge >= 0.3 is 0 Å². The molecule has 16 heavy (non-hydrogen) atoms. The Morgan fingerprint density at radius 2 is 2.19 bits per heavy atom. The highest BCUT2D eigenvalue weighted by molar-refractivity contribution is 6.29. The van der Waals surface area contributed by atoms with Gasteiger partial charge in [-0.2, -0.15) is 10.2 Å². The average Bonchev–Trinajstić information content (AvgIpc) is 2.30. The van der Waals surface area contributed by atoms with Crippen LogP contribution in [0.1, 0.15) is 10.4 Å². The van der Waals surface area contributed by atoms with E-state index in [-0.39, 0.29) is 11.1 Å². The second-order valence-electron chi connectivity index (χ2n) is 2.81. The second-order valence-corrected chi connectivity index (χ2v) is 3.20. The lowest BCUT2D eigenvalue weighted by Gasteiger charge is -2.02. The molecule has 0 fully saturated rings. The Kier molecular flexibility index (Phi) is 3.02. The fourth-order valence-corrected chi connectivity index (χ4v) is 1.16. The van der Waals surface area contributed by atoms with Crippen LogP contribution in [-0.2, 0) is 0 Å². The van der Waals surface area contributed by atoms with E-state index < -0.39 is 0 Å². The van der Waals surface area contributed by atoms with Crippen molar-refractivity contribution >= 4 is 23.3 Å². The van der Waals surface area contributed by atoms with Crippen molar-refractivity contribution in [2.45, 2.75) is 0 Å². The van der Waals surface area contributed by atoms with Crippen LogP contribution in [0, 0.1) is 0 Å². The molecule has 1 N–H and O–H groups in total. The predicted molar refractivity (Wildman–Crippen MR) is 57.0 cm³/mol. The number of amides is 1. The van der Waals surface area contributed by atoms with E-state index in [1.165, 1.54) is 24.8 Å². The Labute approximate surface area is 95.7 Å². The van der Waals surface area contributed by atoms with E-state index in [2.05, 4.69) is 25.5 Å². The Bertz CT molecular complexity index is 504. The van der Waals surface area contributed by atoms with Crippen molar-refractivity contribution < 1.29 is 4.79 Å². The lowest BCUT2D eigenvalue weighted by atomic mass is 10.3. The Morgan fingerprint density at radius 3 is 2.88 bits per heavy atom. The van der Waals surface area contributed by atoms with Gasteiger partial charge in [-0.25, -0.2) is 9.97 Å². The third kappa shape index (κ3) is 2.48. The molecule has 0 spiro atoms. The number of rotatable bonds is 2. The molecule has 7 heteroatoms. The third-order valence-corrected chi connectivity index (χ3v) is 1.93. The molecule has 0 saturated carbocycles. The van der Waals surface area contributed by atoms with E-state index in [0.717, 1.165) is 0 Å². The van der Waals surface area contributed by atoms with Gasteiger partial charge in [-0.1, -0.05) is 11.6 Å². The third-order valence-electron chi connectivity index (χ3n) is 1.72. The summed E-state index contributed by atoms with van der Waals surface area (Å²) in [5, 5.41) is 9.99. The molecule has 6 nitrogen and oxygen atoms in total. The number of anilines is 1. The Morgan fingerprint density at radius 1 is 1.31 bits per heavy atom. The zero-order valence-corrected chi connectivity index (χ0v) is 8.72. The molecule has 0 unspecified atom stereocenters. The first-order valence-corrected chi connectivity index (χ1v) is 4.69. The summed E-state index contributed by atoms with van der Waals surface area (Å²) in [7, 11) is 0. The standard InChI is InChI=1S/C9H6ClN5O/c10-7-3-8(12-5-11-7)15-9(16)6-1-2-13-14-4-6/h1-5H,(H,11,12,15,16). The summed E-state index contributed by atoms with van der Waals surface area (Å²) in [4.78, 5) is 19.2. The highest BCUT2D eigenvalue weighted by atomic mass is 35.5. The summed E-state index contributed by atoms with van der Waals surface area (Å²) in [6.07, 6.45) is 4.06. The molecule has 2 aromatic heterocycles. The van der Waals surface area contributed by atoms with Crippen molar-refractivity contribution in [3.05, 3.63) is 41.6 Å². The fourth-order valence-electron chi connectivity index (χ4n) is 1.02. The highest BCUT2D eigenvalue weighted by Gasteiger charge is 2.06. The molecular weight excluding hydrogens is 230 g/mol. The lowest BCUT2D eigenvalue weighted by Crippen LogP contribution is -2.13. The van der Waals surface area contributed by atoms with Gasteiger partial charge in [0, 0.05) is 6.07 Å². The van der Waals surface area contributed by atoms with E-state index in [1.807, 2.05) is 0 Å². The monoisotopic (exact) mass is 235 g/mol. The number of nitrogens with zero attached hydrogens (tertiary/aromatic N) is 4. The second kappa shape index (κ2) is 4.63. The molecule has 0 atom stereocenters. The molecule has 0 bridgehead atoms. The Balaban J connectivity index is 2.14. The van der Waals surface area contributed by atoms with Crippen LogP contribution in [0.4, 0.5) is 5.82 Å². The minimum atomic E-state index is -0.329. The molecule has 2 aromatic rings. The smallest absolute Gasteiger partial charge is 0.258 e. The van der Waals surface area contributed by atoms with Crippen LogP contribution in [0.15, 0.2) is 30.9 Å². The van der Waals surface area contributed by atoms with Gasteiger partial charge in [-0.3, -0.25) is 4.79 Å². The van der Waals surface area contributed by atoms with Gasteiger partial charge in [0.25, 0.3) is 5.91 Å². The van der Waals surface area contributed by atoms with Crippen LogP contribution in [0.5, 0.6) is 0 Å². The van der Waals surface area contributed by atoms with E-state index in [9.17, 15) is 4.79 Å². The first kappa shape index (κ1) is 10.4. The topological polar surface area (TPSA) is 80.7 Å². The summed E-state index contributed by atoms with van der Waals surface area (Å²) >= 11 is 5.65. The van der Waals surface area contributed by atoms with E-state index in [0.29, 0.717) is 11.4 Å². The minimum Gasteiger partial charge on any atom is -0.306 e. The molecular formula is C9H6ClN5O. The average molecular weight is 236 g/mol. The van der Waals surface area contributed by atoms with Gasteiger partial charge in [0.2, 0.25) is 0 Å². The van der Waals surface area contributed by atoms with Gasteiger partial charge in [0.05, 0.1) is 18.0 Å². The van der Waals surface area contributed by atoms with Crippen LogP contribution in [-0.4, -0.2) is 26.1 Å². The van der Waals surface area contributed by atoms with E-state index in [4.69, 9.17) is 11.6 Å². The zero-order valence-electron chi connectivity index (χ0n) is 7.96. The summed E-state index contributed by atoms with van der Waals surface area (Å²) in [5.41, 5.74) is 0.393. The zero-order chi connectivity index (χ0) is 11.4. The largest absolute Gasteiger partial charge is 0.306 e. The number of carbonyl (C=O) groups is 1. The number of halogens is 1. The normalized spacial score (nSPS) is 9.81. The van der Waals surface area contributed by atoms with Crippen LogP contribution in [0.25, 0.3) is 0 Å². The molecule has 80 valence electrons. The SMILES string of the molecule is O=C(Nc1cc(Cl)ncn1)c1ccnnc1. The molecule has 2 heterocycles. The van der Waals surface area contributed by atoms with E-state index in [1.54, 1.807) is 6.07 Å². The maximum atomic E-state index is 11.6. The van der Waals surface area contributed by atoms with Crippen molar-refractivity contribution in [3.63, 3.8) is 0 Å². The molecule has 1 amide bonds. The molecule has 0 saturated heterocycles. The van der Waals surface area contributed by atoms with Crippen molar-refractivity contribution in [2.75, 3.05) is 5.32 Å². The fraction of sp³-hybridized carbons (Fsp3) is 0. The summed E-state index contributed by atoms with van der Waals surface area (Å²) < 4.78 is 0. The molecule has 0 aliphatic heterocycles. The number of aromatic nitrogens is 4. The van der Waals surface area contributed by atoms with Gasteiger partial charge in [-0.15, -0.1) is 0 Å². The highest BCUT2D eigenvalue weighted by Crippen LogP contribution is 2.09. The number of hydrogen-bond donors (Lipinski definition) is 1. The molecule has 0 radical (unpaired) electrons. The lowest BCUT2D eigenvalue weighted by molar-refractivity contribution is 0.102. The Hall–Kier alpha value is -2.08. The van der Waals surface area contributed by atoms with Crippen molar-refractivity contribution in [1.29, 1.82) is 0 Å². The quantitative estimate of drug-likeness (QED) is 0.791. The van der Waals surface area contributed by atoms with Crippen LogP contribution < -0.4 is 5.32 Å². The van der Waals surface area contributed by atoms with Gasteiger partial charge in [0.1, 0.15) is 17.3 Å². The molecule has 0 aliphatic carbocycles. The maximum Gasteiger partial charge on any atom is 0.258 e.